The molecule has 0 aliphatic carbocycles. The highest BCUT2D eigenvalue weighted by molar-refractivity contribution is 6.05. The molecule has 0 aromatic heterocycles. The third-order valence-electron chi connectivity index (χ3n) is 12.1. The minimum atomic E-state index is -0.286. The summed E-state index contributed by atoms with van der Waals surface area (Å²) in [5.74, 6) is 0. The van der Waals surface area contributed by atoms with Crippen LogP contribution in [0.1, 0.15) is 65.0 Å². The average molecular weight is 703 g/mol. The van der Waals surface area contributed by atoms with E-state index in [0.717, 1.165) is 36.3 Å². The molecule has 0 unspecified atom stereocenters. The summed E-state index contributed by atoms with van der Waals surface area (Å²) >= 11 is 0. The van der Waals surface area contributed by atoms with Crippen LogP contribution >= 0.6 is 0 Å². The van der Waals surface area contributed by atoms with Gasteiger partial charge in [-0.1, -0.05) is 168 Å². The van der Waals surface area contributed by atoms with Gasteiger partial charge >= 0.3 is 0 Å². The van der Waals surface area contributed by atoms with Crippen LogP contribution in [0.3, 0.4) is 0 Å². The van der Waals surface area contributed by atoms with E-state index in [1.54, 1.807) is 0 Å². The summed E-state index contributed by atoms with van der Waals surface area (Å²) < 4.78 is 0. The zero-order valence-electron chi connectivity index (χ0n) is 32.3. The van der Waals surface area contributed by atoms with E-state index in [2.05, 4.69) is 220 Å². The summed E-state index contributed by atoms with van der Waals surface area (Å²) in [5, 5.41) is 7.40. The lowest BCUT2D eigenvalue weighted by atomic mass is 9.78. The average Bonchev–Trinajstić information content (AvgIpc) is 3.23. The number of benzene rings is 8. The van der Waals surface area contributed by atoms with Crippen molar-refractivity contribution in [2.45, 2.75) is 64.8 Å². The molecule has 0 N–H and O–H groups in total. The molecule has 0 saturated heterocycles. The first-order valence-electron chi connectivity index (χ1n) is 19.6. The first kappa shape index (κ1) is 35.2. The second kappa shape index (κ2) is 14.5. The second-order valence-electron chi connectivity index (χ2n) is 15.2. The van der Waals surface area contributed by atoms with Crippen LogP contribution in [0.5, 0.6) is 0 Å². The molecule has 0 spiro atoms. The van der Waals surface area contributed by atoms with E-state index < -0.39 is 0 Å². The SMILES string of the molecule is CCC(C)(C)c1ccc(C(CC)(CC)N(c2ccc(N(c3cccc4ccccc34)c3cccc4ccccc34)cc2)c2cccc3ccccc23)cc1. The van der Waals surface area contributed by atoms with Gasteiger partial charge in [0.2, 0.25) is 0 Å². The first-order chi connectivity index (χ1) is 26.4. The van der Waals surface area contributed by atoms with Crippen LogP contribution in [0.2, 0.25) is 0 Å². The molecular formula is C52H50N2. The number of nitrogens with zero attached hydrogens (tertiary/aromatic N) is 2. The molecule has 0 heterocycles. The predicted octanol–water partition coefficient (Wildman–Crippen LogP) is 15.2. The van der Waals surface area contributed by atoms with Crippen molar-refractivity contribution in [3.05, 3.63) is 187 Å². The molecule has 54 heavy (non-hydrogen) atoms. The van der Waals surface area contributed by atoms with Gasteiger partial charge in [0.25, 0.3) is 0 Å². The standard InChI is InChI=1S/C52H50N2/c1-6-51(4,5)41-30-32-42(33-31-41)52(7-2,8-3)54(50-29-17-23-40-20-11-14-26-47(40)50)44-36-34-43(35-37-44)53(48-27-15-21-38-18-9-12-24-45(38)48)49-28-16-22-39-19-10-13-25-46(39)49/h9-37H,6-8H2,1-5H3. The van der Waals surface area contributed by atoms with E-state index in [9.17, 15) is 0 Å². The quantitative estimate of drug-likeness (QED) is 0.132. The minimum Gasteiger partial charge on any atom is -0.331 e. The first-order valence-corrected chi connectivity index (χ1v) is 19.6. The van der Waals surface area contributed by atoms with Gasteiger partial charge in [0.1, 0.15) is 0 Å². The summed E-state index contributed by atoms with van der Waals surface area (Å²) in [6, 6.07) is 65.1. The van der Waals surface area contributed by atoms with E-state index in [4.69, 9.17) is 0 Å². The van der Waals surface area contributed by atoms with Gasteiger partial charge in [-0.2, -0.15) is 0 Å². The Morgan fingerprint density at radius 1 is 0.370 bits per heavy atom. The Kier molecular flexibility index (Phi) is 9.46. The topological polar surface area (TPSA) is 6.48 Å². The predicted molar refractivity (Wildman–Crippen MR) is 234 cm³/mol. The summed E-state index contributed by atoms with van der Waals surface area (Å²) in [4.78, 5) is 5.08. The zero-order chi connectivity index (χ0) is 37.3. The molecule has 0 saturated carbocycles. The van der Waals surface area contributed by atoms with Crippen LogP contribution in [-0.2, 0) is 11.0 Å². The maximum atomic E-state index is 2.64. The molecule has 8 aromatic carbocycles. The van der Waals surface area contributed by atoms with Crippen molar-refractivity contribution >= 4 is 60.8 Å². The maximum Gasteiger partial charge on any atom is 0.0697 e. The summed E-state index contributed by atoms with van der Waals surface area (Å²) in [6.45, 7) is 11.7. The summed E-state index contributed by atoms with van der Waals surface area (Å²) in [7, 11) is 0. The fourth-order valence-electron chi connectivity index (χ4n) is 8.52. The van der Waals surface area contributed by atoms with Crippen molar-refractivity contribution < 1.29 is 0 Å². The van der Waals surface area contributed by atoms with Gasteiger partial charge in [-0.05, 0) is 94.4 Å². The van der Waals surface area contributed by atoms with Gasteiger partial charge in [-0.3, -0.25) is 0 Å². The van der Waals surface area contributed by atoms with Gasteiger partial charge in [-0.25, -0.2) is 0 Å². The highest BCUT2D eigenvalue weighted by Gasteiger charge is 2.38. The highest BCUT2D eigenvalue weighted by Crippen LogP contribution is 2.48. The molecule has 0 fully saturated rings. The highest BCUT2D eigenvalue weighted by atomic mass is 15.2. The summed E-state index contributed by atoms with van der Waals surface area (Å²) in [6.07, 6.45) is 2.99. The number of hydrogen-bond acceptors (Lipinski definition) is 2. The lowest BCUT2D eigenvalue weighted by Gasteiger charge is -2.46. The number of hydrogen-bond donors (Lipinski definition) is 0. The zero-order valence-corrected chi connectivity index (χ0v) is 32.3. The fourth-order valence-corrected chi connectivity index (χ4v) is 8.52. The van der Waals surface area contributed by atoms with Crippen LogP contribution in [0.25, 0.3) is 32.3 Å². The van der Waals surface area contributed by atoms with Crippen molar-refractivity contribution in [2.75, 3.05) is 9.80 Å². The molecule has 0 bridgehead atoms. The maximum absolute atomic E-state index is 2.64. The fraction of sp³-hybridized carbons (Fsp3) is 0.192. The smallest absolute Gasteiger partial charge is 0.0697 e. The Labute approximate surface area is 321 Å². The molecule has 0 aliphatic heterocycles. The molecule has 8 rings (SSSR count). The Morgan fingerprint density at radius 3 is 1.22 bits per heavy atom. The van der Waals surface area contributed by atoms with Gasteiger partial charge in [-0.15, -0.1) is 0 Å². The molecule has 0 atom stereocenters. The van der Waals surface area contributed by atoms with E-state index in [0.29, 0.717) is 0 Å². The van der Waals surface area contributed by atoms with Crippen LogP contribution in [0.15, 0.2) is 176 Å². The molecule has 0 radical (unpaired) electrons. The van der Waals surface area contributed by atoms with Gasteiger partial charge in [0.05, 0.1) is 16.9 Å². The lowest BCUT2D eigenvalue weighted by molar-refractivity contribution is 0.403. The molecule has 2 nitrogen and oxygen atoms in total. The third-order valence-corrected chi connectivity index (χ3v) is 12.1. The van der Waals surface area contributed by atoms with Crippen molar-refractivity contribution in [3.8, 4) is 0 Å². The Morgan fingerprint density at radius 2 is 0.759 bits per heavy atom. The number of rotatable bonds is 11. The normalized spacial score (nSPS) is 12.0. The van der Waals surface area contributed by atoms with E-state index in [1.165, 1.54) is 54.8 Å². The van der Waals surface area contributed by atoms with E-state index in [-0.39, 0.29) is 11.0 Å². The molecular weight excluding hydrogens is 653 g/mol. The van der Waals surface area contributed by atoms with Gasteiger partial charge in [0.15, 0.2) is 0 Å². The van der Waals surface area contributed by atoms with Crippen molar-refractivity contribution in [1.29, 1.82) is 0 Å². The van der Waals surface area contributed by atoms with Crippen LogP contribution in [0.4, 0.5) is 28.4 Å². The molecule has 0 aliphatic rings. The monoisotopic (exact) mass is 702 g/mol. The van der Waals surface area contributed by atoms with Crippen molar-refractivity contribution in [2.24, 2.45) is 0 Å². The Balaban J connectivity index is 1.33. The Bertz CT molecular complexity index is 2450. The van der Waals surface area contributed by atoms with Crippen molar-refractivity contribution in [3.63, 3.8) is 0 Å². The van der Waals surface area contributed by atoms with Crippen LogP contribution in [-0.4, -0.2) is 0 Å². The third kappa shape index (κ3) is 6.10. The largest absolute Gasteiger partial charge is 0.331 e. The van der Waals surface area contributed by atoms with Crippen LogP contribution < -0.4 is 9.80 Å². The number of fused-ring (bicyclic) bond motifs is 3. The lowest BCUT2D eigenvalue weighted by Crippen LogP contribution is -2.43. The number of anilines is 5. The summed E-state index contributed by atoms with van der Waals surface area (Å²) in [5.41, 5.74) is 8.41. The second-order valence-corrected chi connectivity index (χ2v) is 15.2. The van der Waals surface area contributed by atoms with E-state index in [1.807, 2.05) is 0 Å². The minimum absolute atomic E-state index is 0.130. The van der Waals surface area contributed by atoms with Gasteiger partial charge in [0, 0.05) is 33.2 Å². The molecule has 2 heteroatoms. The molecule has 0 amide bonds. The van der Waals surface area contributed by atoms with Crippen molar-refractivity contribution in [1.82, 2.24) is 0 Å². The Hall–Kier alpha value is -5.86. The molecule has 8 aromatic rings. The van der Waals surface area contributed by atoms with E-state index >= 15 is 0 Å². The van der Waals surface area contributed by atoms with Crippen LogP contribution in [0, 0.1) is 0 Å². The molecule has 268 valence electrons. The van der Waals surface area contributed by atoms with Gasteiger partial charge < -0.3 is 9.80 Å².